The Hall–Kier alpha value is -1.86. The summed E-state index contributed by atoms with van der Waals surface area (Å²) in [4.78, 5) is 24.4. The maximum atomic E-state index is 12.5. The van der Waals surface area contributed by atoms with Crippen LogP contribution in [0.3, 0.4) is 0 Å². The number of esters is 1. The molecule has 0 radical (unpaired) electrons. The topological polar surface area (TPSA) is 46.6 Å². The molecular formula is C13H17F4NO3. The van der Waals surface area contributed by atoms with E-state index >= 15 is 0 Å². The highest BCUT2D eigenvalue weighted by molar-refractivity contribution is 6.32. The van der Waals surface area contributed by atoms with Crippen LogP contribution in [0.15, 0.2) is 24.6 Å². The first-order chi connectivity index (χ1) is 9.41. The number of allylic oxidation sites excluding steroid dienone is 1. The number of carbonyl (C=O) groups is 2. The maximum absolute atomic E-state index is 12.5. The predicted octanol–water partition coefficient (Wildman–Crippen LogP) is 2.76. The molecule has 1 amide bonds. The third kappa shape index (κ3) is 6.42. The molecule has 0 fully saturated rings. The van der Waals surface area contributed by atoms with Gasteiger partial charge in [0.1, 0.15) is 6.61 Å². The first kappa shape index (κ1) is 19.1. The molecular weight excluding hydrogens is 294 g/mol. The molecule has 0 aromatic rings. The zero-order chi connectivity index (χ0) is 16.8. The summed E-state index contributed by atoms with van der Waals surface area (Å²) in [6.45, 7) is 7.49. The molecule has 0 heterocycles. The molecule has 0 bridgehead atoms. The number of carbonyl (C=O) groups excluding carboxylic acids is 2. The molecule has 0 saturated heterocycles. The van der Waals surface area contributed by atoms with Crippen molar-refractivity contribution in [3.8, 4) is 0 Å². The van der Waals surface area contributed by atoms with Crippen molar-refractivity contribution in [3.63, 3.8) is 0 Å². The molecule has 0 aromatic heterocycles. The van der Waals surface area contributed by atoms with Gasteiger partial charge in [-0.2, -0.15) is 13.2 Å². The van der Waals surface area contributed by atoms with Crippen molar-refractivity contribution in [3.05, 3.63) is 24.6 Å². The van der Waals surface area contributed by atoms with E-state index in [0.29, 0.717) is 0 Å². The fourth-order valence-electron chi connectivity index (χ4n) is 1.27. The number of rotatable bonds is 4. The molecule has 0 unspecified atom stereocenters. The average Bonchev–Trinajstić information content (AvgIpc) is 2.32. The Morgan fingerprint density at radius 3 is 2.14 bits per heavy atom. The van der Waals surface area contributed by atoms with E-state index in [-0.39, 0.29) is 12.6 Å². The number of alkyl halides is 3. The van der Waals surface area contributed by atoms with E-state index in [1.54, 1.807) is 20.8 Å². The largest absolute Gasteiger partial charge is 0.454 e. The standard InChI is InChI=1S/C13H17F4NO3/c1-5-7-18(12(2,3)4)10(19)11(20)21-8-6-9(14)13(15,16)17/h5-6H,1,7-8H2,2-4H3/b9-6-. The Kier molecular flexibility index (Phi) is 6.59. The third-order valence-electron chi connectivity index (χ3n) is 2.29. The maximum Gasteiger partial charge on any atom is 0.442 e. The van der Waals surface area contributed by atoms with Gasteiger partial charge in [0.05, 0.1) is 0 Å². The first-order valence-electron chi connectivity index (χ1n) is 5.93. The lowest BCUT2D eigenvalue weighted by Crippen LogP contribution is -2.49. The second-order valence-corrected chi connectivity index (χ2v) is 5.02. The zero-order valence-corrected chi connectivity index (χ0v) is 12.0. The number of halogens is 4. The Labute approximate surface area is 120 Å². The highest BCUT2D eigenvalue weighted by Gasteiger charge is 2.35. The third-order valence-corrected chi connectivity index (χ3v) is 2.29. The van der Waals surface area contributed by atoms with Crippen LogP contribution in [0.25, 0.3) is 0 Å². The van der Waals surface area contributed by atoms with Gasteiger partial charge in [-0.1, -0.05) is 6.08 Å². The molecule has 120 valence electrons. The van der Waals surface area contributed by atoms with Gasteiger partial charge in [-0.25, -0.2) is 9.18 Å². The molecule has 8 heteroatoms. The summed E-state index contributed by atoms with van der Waals surface area (Å²) >= 11 is 0. The highest BCUT2D eigenvalue weighted by Crippen LogP contribution is 2.26. The lowest BCUT2D eigenvalue weighted by atomic mass is 10.1. The van der Waals surface area contributed by atoms with E-state index < -0.39 is 36.0 Å². The molecule has 0 aliphatic heterocycles. The van der Waals surface area contributed by atoms with Crippen LogP contribution in [-0.4, -0.2) is 41.6 Å². The van der Waals surface area contributed by atoms with E-state index in [2.05, 4.69) is 11.3 Å². The van der Waals surface area contributed by atoms with E-state index in [1.807, 2.05) is 0 Å². The fraction of sp³-hybridized carbons (Fsp3) is 0.538. The number of ether oxygens (including phenoxy) is 1. The van der Waals surface area contributed by atoms with Crippen LogP contribution in [0.2, 0.25) is 0 Å². The number of hydrogen-bond donors (Lipinski definition) is 0. The van der Waals surface area contributed by atoms with Crippen molar-refractivity contribution in [2.45, 2.75) is 32.5 Å². The van der Waals surface area contributed by atoms with Crippen molar-refractivity contribution in [2.24, 2.45) is 0 Å². The van der Waals surface area contributed by atoms with Gasteiger partial charge in [0.15, 0.2) is 0 Å². The number of nitrogens with zero attached hydrogens (tertiary/aromatic N) is 1. The molecule has 0 N–H and O–H groups in total. The van der Waals surface area contributed by atoms with Gasteiger partial charge in [-0.05, 0) is 26.8 Å². The van der Waals surface area contributed by atoms with Crippen molar-refractivity contribution < 1.29 is 31.9 Å². The molecule has 0 rings (SSSR count). The molecule has 0 aromatic carbocycles. The van der Waals surface area contributed by atoms with Gasteiger partial charge < -0.3 is 9.64 Å². The minimum Gasteiger partial charge on any atom is -0.454 e. The first-order valence-corrected chi connectivity index (χ1v) is 5.93. The molecule has 0 aliphatic rings. The summed E-state index contributed by atoms with van der Waals surface area (Å²) in [5.41, 5.74) is -0.711. The Bertz CT molecular complexity index is 436. The van der Waals surface area contributed by atoms with Gasteiger partial charge in [0.2, 0.25) is 5.83 Å². The van der Waals surface area contributed by atoms with Crippen LogP contribution in [0.4, 0.5) is 17.6 Å². The molecule has 0 saturated carbocycles. The number of hydrogen-bond acceptors (Lipinski definition) is 3. The van der Waals surface area contributed by atoms with E-state index in [9.17, 15) is 27.2 Å². The van der Waals surface area contributed by atoms with Crippen LogP contribution in [0.1, 0.15) is 20.8 Å². The molecule has 0 aliphatic carbocycles. The van der Waals surface area contributed by atoms with Crippen LogP contribution in [0.5, 0.6) is 0 Å². The van der Waals surface area contributed by atoms with E-state index in [1.165, 1.54) is 6.08 Å². The monoisotopic (exact) mass is 311 g/mol. The minimum atomic E-state index is -5.14. The van der Waals surface area contributed by atoms with Gasteiger partial charge >= 0.3 is 18.1 Å². The predicted molar refractivity (Wildman–Crippen MR) is 67.9 cm³/mol. The molecule has 21 heavy (non-hydrogen) atoms. The summed E-state index contributed by atoms with van der Waals surface area (Å²) in [6.07, 6.45) is -3.71. The quantitative estimate of drug-likeness (QED) is 0.347. The average molecular weight is 311 g/mol. The Balaban J connectivity index is 4.73. The summed E-state index contributed by atoms with van der Waals surface area (Å²) in [5, 5.41) is 0. The summed E-state index contributed by atoms with van der Waals surface area (Å²) in [6, 6.07) is 0. The number of amides is 1. The van der Waals surface area contributed by atoms with E-state index in [0.717, 1.165) is 4.90 Å². The molecule has 0 spiro atoms. The summed E-state index contributed by atoms with van der Waals surface area (Å²) < 4.78 is 52.3. The van der Waals surface area contributed by atoms with E-state index in [4.69, 9.17) is 0 Å². The van der Waals surface area contributed by atoms with Gasteiger partial charge in [-0.15, -0.1) is 6.58 Å². The second kappa shape index (κ2) is 7.24. The zero-order valence-electron chi connectivity index (χ0n) is 12.0. The summed E-state index contributed by atoms with van der Waals surface area (Å²) in [7, 11) is 0. The van der Waals surface area contributed by atoms with Crippen molar-refractivity contribution in [1.82, 2.24) is 4.90 Å². The Morgan fingerprint density at radius 1 is 1.24 bits per heavy atom. The van der Waals surface area contributed by atoms with Crippen molar-refractivity contribution >= 4 is 11.9 Å². The van der Waals surface area contributed by atoms with Crippen molar-refractivity contribution in [1.29, 1.82) is 0 Å². The Morgan fingerprint density at radius 2 is 1.76 bits per heavy atom. The van der Waals surface area contributed by atoms with Gasteiger partial charge in [0.25, 0.3) is 0 Å². The molecule has 4 nitrogen and oxygen atoms in total. The smallest absolute Gasteiger partial charge is 0.442 e. The van der Waals surface area contributed by atoms with Crippen LogP contribution in [-0.2, 0) is 14.3 Å². The lowest BCUT2D eigenvalue weighted by molar-refractivity contribution is -0.161. The van der Waals surface area contributed by atoms with Gasteiger partial charge in [-0.3, -0.25) is 4.79 Å². The minimum absolute atomic E-state index is 0.0418. The van der Waals surface area contributed by atoms with Crippen molar-refractivity contribution in [2.75, 3.05) is 13.2 Å². The normalized spacial score (nSPS) is 12.8. The SMILES string of the molecule is C=CCN(C(=O)C(=O)OC/C=C(\F)C(F)(F)F)C(C)(C)C. The fourth-order valence-corrected chi connectivity index (χ4v) is 1.27. The second-order valence-electron chi connectivity index (χ2n) is 5.02. The highest BCUT2D eigenvalue weighted by atomic mass is 19.4. The lowest BCUT2D eigenvalue weighted by Gasteiger charge is -2.33. The summed E-state index contributed by atoms with van der Waals surface area (Å²) in [5.74, 6) is -4.79. The van der Waals surface area contributed by atoms with Crippen LogP contribution >= 0.6 is 0 Å². The van der Waals surface area contributed by atoms with Crippen LogP contribution in [0, 0.1) is 0 Å². The van der Waals surface area contributed by atoms with Gasteiger partial charge in [0, 0.05) is 12.1 Å². The van der Waals surface area contributed by atoms with Crippen LogP contribution < -0.4 is 0 Å². The molecule has 0 atom stereocenters.